The molecular formula is C12H16N2O2. The summed E-state index contributed by atoms with van der Waals surface area (Å²) < 4.78 is 0. The fourth-order valence-electron chi connectivity index (χ4n) is 2.25. The number of hydrogen-bond acceptors (Lipinski definition) is 3. The molecule has 1 aromatic rings. The topological polar surface area (TPSA) is 66.6 Å². The van der Waals surface area contributed by atoms with Gasteiger partial charge < -0.3 is 10.8 Å². The Balaban J connectivity index is 2.18. The van der Waals surface area contributed by atoms with Crippen molar-refractivity contribution in [3.63, 3.8) is 0 Å². The van der Waals surface area contributed by atoms with Crippen LogP contribution in [0.5, 0.6) is 0 Å². The highest BCUT2D eigenvalue weighted by atomic mass is 16.4. The highest BCUT2D eigenvalue weighted by molar-refractivity contribution is 5.73. The summed E-state index contributed by atoms with van der Waals surface area (Å²) in [6.45, 7) is 3.29. The number of fused-ring (bicyclic) bond motifs is 1. The number of carbonyl (C=O) groups is 1. The number of carboxylic acid groups (broad SMARTS) is 1. The van der Waals surface area contributed by atoms with Crippen LogP contribution in [0.3, 0.4) is 0 Å². The van der Waals surface area contributed by atoms with Gasteiger partial charge in [-0.1, -0.05) is 13.0 Å². The fourth-order valence-corrected chi connectivity index (χ4v) is 2.25. The maximum atomic E-state index is 11.1. The highest BCUT2D eigenvalue weighted by Gasteiger charge is 2.29. The second-order valence-electron chi connectivity index (χ2n) is 4.20. The SMILES string of the molecule is CCC(C(=O)O)N1Cc2ccc(N)cc2C1. The molecule has 3 N–H and O–H groups in total. The summed E-state index contributed by atoms with van der Waals surface area (Å²) in [5.74, 6) is -0.747. The second-order valence-corrected chi connectivity index (χ2v) is 4.20. The van der Waals surface area contributed by atoms with Crippen LogP contribution in [-0.4, -0.2) is 22.0 Å². The molecule has 1 heterocycles. The minimum absolute atomic E-state index is 0.395. The second kappa shape index (κ2) is 4.14. The Morgan fingerprint density at radius 3 is 2.81 bits per heavy atom. The van der Waals surface area contributed by atoms with Crippen LogP contribution in [0.15, 0.2) is 18.2 Å². The zero-order chi connectivity index (χ0) is 11.7. The van der Waals surface area contributed by atoms with E-state index in [9.17, 15) is 4.79 Å². The molecule has 4 heteroatoms. The van der Waals surface area contributed by atoms with Crippen molar-refractivity contribution >= 4 is 11.7 Å². The molecule has 1 aromatic carbocycles. The Morgan fingerprint density at radius 1 is 1.50 bits per heavy atom. The van der Waals surface area contributed by atoms with E-state index >= 15 is 0 Å². The summed E-state index contributed by atoms with van der Waals surface area (Å²) >= 11 is 0. The first-order valence-electron chi connectivity index (χ1n) is 5.46. The Labute approximate surface area is 94.7 Å². The monoisotopic (exact) mass is 220 g/mol. The Morgan fingerprint density at radius 2 is 2.19 bits per heavy atom. The van der Waals surface area contributed by atoms with Gasteiger partial charge in [-0.3, -0.25) is 9.69 Å². The van der Waals surface area contributed by atoms with Crippen molar-refractivity contribution in [2.75, 3.05) is 5.73 Å². The van der Waals surface area contributed by atoms with E-state index in [1.54, 1.807) is 0 Å². The molecule has 0 radical (unpaired) electrons. The molecule has 1 aliphatic heterocycles. The summed E-state index contributed by atoms with van der Waals surface area (Å²) in [7, 11) is 0. The van der Waals surface area contributed by atoms with Crippen LogP contribution in [0.1, 0.15) is 24.5 Å². The van der Waals surface area contributed by atoms with Crippen LogP contribution >= 0.6 is 0 Å². The molecule has 0 aliphatic carbocycles. The van der Waals surface area contributed by atoms with Gasteiger partial charge in [-0.15, -0.1) is 0 Å². The maximum Gasteiger partial charge on any atom is 0.320 e. The van der Waals surface area contributed by atoms with Crippen molar-refractivity contribution < 1.29 is 9.90 Å². The van der Waals surface area contributed by atoms with E-state index in [4.69, 9.17) is 10.8 Å². The average molecular weight is 220 g/mol. The number of aliphatic carboxylic acids is 1. The fraction of sp³-hybridized carbons (Fsp3) is 0.417. The van der Waals surface area contributed by atoms with Crippen molar-refractivity contribution in [2.45, 2.75) is 32.5 Å². The van der Waals surface area contributed by atoms with Gasteiger partial charge in [0.05, 0.1) is 0 Å². The first kappa shape index (κ1) is 11.0. The number of benzene rings is 1. The van der Waals surface area contributed by atoms with E-state index in [1.807, 2.05) is 30.0 Å². The van der Waals surface area contributed by atoms with Gasteiger partial charge in [-0.05, 0) is 29.7 Å². The first-order valence-corrected chi connectivity index (χ1v) is 5.46. The van der Waals surface area contributed by atoms with Crippen molar-refractivity contribution in [1.82, 2.24) is 4.90 Å². The zero-order valence-electron chi connectivity index (χ0n) is 9.31. The summed E-state index contributed by atoms with van der Waals surface area (Å²) in [5, 5.41) is 9.10. The van der Waals surface area contributed by atoms with Gasteiger partial charge in [-0.2, -0.15) is 0 Å². The van der Waals surface area contributed by atoms with Gasteiger partial charge in [0, 0.05) is 18.8 Å². The van der Waals surface area contributed by atoms with E-state index in [2.05, 4.69) is 0 Å². The van der Waals surface area contributed by atoms with E-state index in [1.165, 1.54) is 5.56 Å². The quantitative estimate of drug-likeness (QED) is 0.756. The lowest BCUT2D eigenvalue weighted by molar-refractivity contribution is -0.143. The predicted molar refractivity (Wildman–Crippen MR) is 61.8 cm³/mol. The number of nitrogen functional groups attached to an aromatic ring is 1. The molecule has 0 saturated carbocycles. The van der Waals surface area contributed by atoms with Crippen LogP contribution in [0.4, 0.5) is 5.69 Å². The van der Waals surface area contributed by atoms with E-state index in [0.717, 1.165) is 11.3 Å². The summed E-state index contributed by atoms with van der Waals surface area (Å²) in [4.78, 5) is 13.0. The molecule has 0 spiro atoms. The number of rotatable bonds is 3. The van der Waals surface area contributed by atoms with Crippen molar-refractivity contribution in [3.8, 4) is 0 Å². The number of hydrogen-bond donors (Lipinski definition) is 2. The molecular weight excluding hydrogens is 204 g/mol. The molecule has 1 unspecified atom stereocenters. The largest absolute Gasteiger partial charge is 0.480 e. The predicted octanol–water partition coefficient (Wildman–Crippen LogP) is 1.45. The number of nitrogens with two attached hydrogens (primary N) is 1. The molecule has 0 fully saturated rings. The van der Waals surface area contributed by atoms with Crippen LogP contribution in [0.2, 0.25) is 0 Å². The van der Waals surface area contributed by atoms with Gasteiger partial charge in [0.15, 0.2) is 0 Å². The molecule has 0 saturated heterocycles. The third-order valence-corrected chi connectivity index (χ3v) is 3.09. The molecule has 16 heavy (non-hydrogen) atoms. The van der Waals surface area contributed by atoms with E-state index < -0.39 is 12.0 Å². The van der Waals surface area contributed by atoms with Crippen LogP contribution in [0, 0.1) is 0 Å². The maximum absolute atomic E-state index is 11.1. The molecule has 1 aliphatic rings. The normalized spacial score (nSPS) is 17.1. The molecule has 0 amide bonds. The highest BCUT2D eigenvalue weighted by Crippen LogP contribution is 2.27. The minimum Gasteiger partial charge on any atom is -0.480 e. The van der Waals surface area contributed by atoms with Gasteiger partial charge in [0.1, 0.15) is 6.04 Å². The van der Waals surface area contributed by atoms with Gasteiger partial charge in [-0.25, -0.2) is 0 Å². The van der Waals surface area contributed by atoms with E-state index in [0.29, 0.717) is 19.5 Å². The summed E-state index contributed by atoms with van der Waals surface area (Å²) in [5.41, 5.74) is 8.79. The smallest absolute Gasteiger partial charge is 0.320 e. The van der Waals surface area contributed by atoms with E-state index in [-0.39, 0.29) is 0 Å². The number of anilines is 1. The third-order valence-electron chi connectivity index (χ3n) is 3.09. The molecule has 1 atom stereocenters. The van der Waals surface area contributed by atoms with Crippen LogP contribution in [0.25, 0.3) is 0 Å². The lowest BCUT2D eigenvalue weighted by atomic mass is 10.1. The molecule has 2 rings (SSSR count). The van der Waals surface area contributed by atoms with Crippen molar-refractivity contribution in [1.29, 1.82) is 0 Å². The molecule has 4 nitrogen and oxygen atoms in total. The van der Waals surface area contributed by atoms with Crippen LogP contribution in [-0.2, 0) is 17.9 Å². The molecule has 86 valence electrons. The molecule has 0 aromatic heterocycles. The number of nitrogens with zero attached hydrogens (tertiary/aromatic N) is 1. The molecule has 0 bridgehead atoms. The van der Waals surface area contributed by atoms with Crippen molar-refractivity contribution in [2.24, 2.45) is 0 Å². The first-order chi connectivity index (χ1) is 7.61. The Kier molecular flexibility index (Phi) is 2.83. The van der Waals surface area contributed by atoms with Gasteiger partial charge >= 0.3 is 5.97 Å². The minimum atomic E-state index is -0.747. The van der Waals surface area contributed by atoms with Gasteiger partial charge in [0.2, 0.25) is 0 Å². The lowest BCUT2D eigenvalue weighted by Gasteiger charge is -2.22. The summed E-state index contributed by atoms with van der Waals surface area (Å²) in [6, 6.07) is 5.39. The Hall–Kier alpha value is -1.55. The lowest BCUT2D eigenvalue weighted by Crippen LogP contribution is -2.36. The number of carboxylic acids is 1. The Bertz CT molecular complexity index is 417. The van der Waals surface area contributed by atoms with Gasteiger partial charge in [0.25, 0.3) is 0 Å². The zero-order valence-corrected chi connectivity index (χ0v) is 9.31. The summed E-state index contributed by atoms with van der Waals surface area (Å²) in [6.07, 6.45) is 0.624. The van der Waals surface area contributed by atoms with Crippen LogP contribution < -0.4 is 5.73 Å². The average Bonchev–Trinajstić information content (AvgIpc) is 2.60. The third kappa shape index (κ3) is 1.88. The van der Waals surface area contributed by atoms with Crippen molar-refractivity contribution in [3.05, 3.63) is 29.3 Å². The standard InChI is InChI=1S/C12H16N2O2/c1-2-11(12(15)16)14-6-8-3-4-10(13)5-9(8)7-14/h3-5,11H,2,6-7,13H2,1H3,(H,15,16).